The van der Waals surface area contributed by atoms with Crippen molar-refractivity contribution in [1.29, 1.82) is 0 Å². The zero-order chi connectivity index (χ0) is 13.8. The predicted molar refractivity (Wildman–Crippen MR) is 76.0 cm³/mol. The molecule has 0 amide bonds. The summed E-state index contributed by atoms with van der Waals surface area (Å²) < 4.78 is 7.27. The van der Waals surface area contributed by atoms with Gasteiger partial charge in [-0.05, 0) is 34.5 Å². The van der Waals surface area contributed by atoms with Crippen LogP contribution in [0, 0.1) is 0 Å². The molecule has 2 aromatic rings. The van der Waals surface area contributed by atoms with Gasteiger partial charge >= 0.3 is 0 Å². The van der Waals surface area contributed by atoms with Crippen LogP contribution in [0.1, 0.15) is 12.0 Å². The SMILES string of the molecule is Clc1ccc(Cn2nnnc2N2CCCOCC2)cc1. The molecular weight excluding hydrogens is 278 g/mol. The van der Waals surface area contributed by atoms with Crippen molar-refractivity contribution in [2.75, 3.05) is 31.2 Å². The van der Waals surface area contributed by atoms with Crippen LogP contribution >= 0.6 is 11.6 Å². The van der Waals surface area contributed by atoms with Crippen molar-refractivity contribution in [3.8, 4) is 0 Å². The van der Waals surface area contributed by atoms with Gasteiger partial charge in [0.15, 0.2) is 0 Å². The van der Waals surface area contributed by atoms with Gasteiger partial charge in [-0.15, -0.1) is 0 Å². The molecule has 0 radical (unpaired) electrons. The summed E-state index contributed by atoms with van der Waals surface area (Å²) in [6.07, 6.45) is 0.994. The first-order valence-corrected chi connectivity index (χ1v) is 7.04. The highest BCUT2D eigenvalue weighted by Crippen LogP contribution is 2.15. The Bertz CT molecular complexity index is 548. The molecule has 1 aliphatic heterocycles. The molecule has 1 saturated heterocycles. The first-order chi connectivity index (χ1) is 9.83. The standard InChI is InChI=1S/C13H16ClN5O/c14-12-4-2-11(3-5-12)10-19-13(15-16-17-19)18-6-1-8-20-9-7-18/h2-5H,1,6-10H2. The second-order valence-corrected chi connectivity index (χ2v) is 5.15. The van der Waals surface area contributed by atoms with Crippen LogP contribution in [0.3, 0.4) is 0 Å². The fourth-order valence-corrected chi connectivity index (χ4v) is 2.36. The molecule has 6 nitrogen and oxygen atoms in total. The minimum absolute atomic E-state index is 0.636. The van der Waals surface area contributed by atoms with Gasteiger partial charge in [-0.3, -0.25) is 0 Å². The lowest BCUT2D eigenvalue weighted by molar-refractivity contribution is 0.152. The quantitative estimate of drug-likeness (QED) is 0.860. The number of hydrogen-bond donors (Lipinski definition) is 0. The second-order valence-electron chi connectivity index (χ2n) is 4.72. The van der Waals surface area contributed by atoms with Gasteiger partial charge in [0, 0.05) is 24.7 Å². The molecule has 0 unspecified atom stereocenters. The molecule has 7 heteroatoms. The molecule has 0 atom stereocenters. The van der Waals surface area contributed by atoms with Crippen LogP contribution in [0.5, 0.6) is 0 Å². The summed E-state index contributed by atoms with van der Waals surface area (Å²) in [5.41, 5.74) is 1.12. The topological polar surface area (TPSA) is 56.1 Å². The van der Waals surface area contributed by atoms with Gasteiger partial charge in [0.1, 0.15) is 0 Å². The maximum Gasteiger partial charge on any atom is 0.245 e. The summed E-state index contributed by atoms with van der Waals surface area (Å²) in [6, 6.07) is 7.72. The molecule has 1 aromatic heterocycles. The number of tetrazole rings is 1. The minimum Gasteiger partial charge on any atom is -0.380 e. The van der Waals surface area contributed by atoms with Crippen molar-refractivity contribution in [1.82, 2.24) is 20.2 Å². The number of hydrogen-bond acceptors (Lipinski definition) is 5. The van der Waals surface area contributed by atoms with E-state index < -0.39 is 0 Å². The van der Waals surface area contributed by atoms with E-state index in [1.807, 2.05) is 28.9 Å². The van der Waals surface area contributed by atoms with E-state index in [0.717, 1.165) is 42.7 Å². The molecule has 1 aromatic carbocycles. The average Bonchev–Trinajstić information content (AvgIpc) is 2.74. The van der Waals surface area contributed by atoms with Crippen molar-refractivity contribution in [3.05, 3.63) is 34.9 Å². The molecule has 20 heavy (non-hydrogen) atoms. The molecule has 0 saturated carbocycles. The van der Waals surface area contributed by atoms with Crippen molar-refractivity contribution in [2.24, 2.45) is 0 Å². The lowest BCUT2D eigenvalue weighted by atomic mass is 10.2. The summed E-state index contributed by atoms with van der Waals surface area (Å²) in [5, 5.41) is 12.7. The van der Waals surface area contributed by atoms with E-state index in [1.54, 1.807) is 0 Å². The van der Waals surface area contributed by atoms with Crippen molar-refractivity contribution >= 4 is 17.5 Å². The van der Waals surface area contributed by atoms with E-state index in [-0.39, 0.29) is 0 Å². The number of rotatable bonds is 3. The number of aromatic nitrogens is 4. The Morgan fingerprint density at radius 1 is 1.15 bits per heavy atom. The van der Waals surface area contributed by atoms with Gasteiger partial charge < -0.3 is 9.64 Å². The van der Waals surface area contributed by atoms with E-state index in [4.69, 9.17) is 16.3 Å². The molecule has 3 rings (SSSR count). The summed E-state index contributed by atoms with van der Waals surface area (Å²) in [5.74, 6) is 0.797. The Morgan fingerprint density at radius 2 is 2.00 bits per heavy atom. The first kappa shape index (κ1) is 13.3. The minimum atomic E-state index is 0.636. The Kier molecular flexibility index (Phi) is 4.13. The molecular formula is C13H16ClN5O. The molecule has 2 heterocycles. The Labute approximate surface area is 122 Å². The zero-order valence-corrected chi connectivity index (χ0v) is 11.8. The lowest BCUT2D eigenvalue weighted by Gasteiger charge is -2.19. The van der Waals surface area contributed by atoms with Crippen LogP contribution in [0.4, 0.5) is 5.95 Å². The molecule has 0 spiro atoms. The highest BCUT2D eigenvalue weighted by molar-refractivity contribution is 6.30. The van der Waals surface area contributed by atoms with Crippen LogP contribution in [-0.2, 0) is 11.3 Å². The first-order valence-electron chi connectivity index (χ1n) is 6.66. The smallest absolute Gasteiger partial charge is 0.245 e. The second kappa shape index (κ2) is 6.19. The summed E-state index contributed by atoms with van der Waals surface area (Å²) in [7, 11) is 0. The summed E-state index contributed by atoms with van der Waals surface area (Å²) >= 11 is 5.90. The van der Waals surface area contributed by atoms with Gasteiger partial charge in [-0.25, -0.2) is 4.68 Å². The van der Waals surface area contributed by atoms with E-state index in [2.05, 4.69) is 20.4 Å². The predicted octanol–water partition coefficient (Wildman–Crippen LogP) is 1.60. The fourth-order valence-electron chi connectivity index (χ4n) is 2.24. The lowest BCUT2D eigenvalue weighted by Crippen LogP contribution is -2.29. The molecule has 106 valence electrons. The van der Waals surface area contributed by atoms with E-state index in [9.17, 15) is 0 Å². The zero-order valence-electron chi connectivity index (χ0n) is 11.1. The number of ether oxygens (including phenoxy) is 1. The van der Waals surface area contributed by atoms with Gasteiger partial charge in [0.25, 0.3) is 0 Å². The van der Waals surface area contributed by atoms with Gasteiger partial charge in [0.2, 0.25) is 5.95 Å². The number of halogens is 1. The van der Waals surface area contributed by atoms with Crippen LogP contribution in [-0.4, -0.2) is 46.5 Å². The van der Waals surface area contributed by atoms with Crippen molar-refractivity contribution < 1.29 is 4.74 Å². The van der Waals surface area contributed by atoms with Gasteiger partial charge in [0.05, 0.1) is 13.2 Å². The van der Waals surface area contributed by atoms with E-state index in [1.165, 1.54) is 0 Å². The Hall–Kier alpha value is -1.66. The van der Waals surface area contributed by atoms with Crippen molar-refractivity contribution in [2.45, 2.75) is 13.0 Å². The highest BCUT2D eigenvalue weighted by Gasteiger charge is 2.16. The molecule has 1 fully saturated rings. The Morgan fingerprint density at radius 3 is 2.85 bits per heavy atom. The van der Waals surface area contributed by atoms with E-state index >= 15 is 0 Å². The molecule has 0 aliphatic carbocycles. The average molecular weight is 294 g/mol. The Balaban J connectivity index is 1.77. The monoisotopic (exact) mass is 293 g/mol. The molecule has 0 bridgehead atoms. The molecule has 0 N–H and O–H groups in total. The highest BCUT2D eigenvalue weighted by atomic mass is 35.5. The summed E-state index contributed by atoms with van der Waals surface area (Å²) in [6.45, 7) is 3.89. The third-order valence-electron chi connectivity index (χ3n) is 3.26. The third-order valence-corrected chi connectivity index (χ3v) is 3.52. The maximum atomic E-state index is 5.90. The third kappa shape index (κ3) is 3.08. The fraction of sp³-hybridized carbons (Fsp3) is 0.462. The largest absolute Gasteiger partial charge is 0.380 e. The van der Waals surface area contributed by atoms with Crippen LogP contribution in [0.15, 0.2) is 24.3 Å². The van der Waals surface area contributed by atoms with Crippen molar-refractivity contribution in [3.63, 3.8) is 0 Å². The normalized spacial score (nSPS) is 16.1. The maximum absolute atomic E-state index is 5.90. The number of benzene rings is 1. The van der Waals surface area contributed by atoms with Crippen LogP contribution in [0.2, 0.25) is 5.02 Å². The molecule has 1 aliphatic rings. The summed E-state index contributed by atoms with van der Waals surface area (Å²) in [4.78, 5) is 2.17. The van der Waals surface area contributed by atoms with Gasteiger partial charge in [-0.1, -0.05) is 28.8 Å². The number of nitrogens with zero attached hydrogens (tertiary/aromatic N) is 5. The van der Waals surface area contributed by atoms with Gasteiger partial charge in [-0.2, -0.15) is 0 Å². The van der Waals surface area contributed by atoms with E-state index in [0.29, 0.717) is 13.2 Å². The van der Waals surface area contributed by atoms with Crippen LogP contribution in [0.25, 0.3) is 0 Å². The van der Waals surface area contributed by atoms with Crippen LogP contribution < -0.4 is 4.90 Å². The number of anilines is 1.